The Kier molecular flexibility index (Phi) is 10.0. The summed E-state index contributed by atoms with van der Waals surface area (Å²) in [5.74, 6) is -1.07. The van der Waals surface area contributed by atoms with Crippen LogP contribution in [0.2, 0.25) is 10.0 Å². The normalized spacial score (nSPS) is 20.3. The summed E-state index contributed by atoms with van der Waals surface area (Å²) >= 11 is 12.6. The molecule has 1 heterocycles. The lowest BCUT2D eigenvalue weighted by Gasteiger charge is -2.44. The summed E-state index contributed by atoms with van der Waals surface area (Å²) in [5, 5.41) is 13.0. The first kappa shape index (κ1) is 28.7. The van der Waals surface area contributed by atoms with Crippen molar-refractivity contribution < 1.29 is 19.5 Å². The second-order valence-corrected chi connectivity index (χ2v) is 10.8. The van der Waals surface area contributed by atoms with Crippen molar-refractivity contribution in [3.05, 3.63) is 105 Å². The number of carbonyl (C=O) groups is 3. The number of carbonyl (C=O) groups excluding carboxylic acids is 2. The van der Waals surface area contributed by atoms with Crippen molar-refractivity contribution in [1.29, 1.82) is 0 Å². The molecule has 8 heteroatoms. The standard InChI is InChI=1S/C22H21Cl2NO3.C9H11NO/c23-15-7-10-18(19(24)12-15)20-11-14-3-1-2-4-17(14)21(26)25(20)16-8-5-13(6-9-16)22(27)28;11-8-10-7-6-9-4-2-1-3-5-9/h1-4,7,10,12-13,16,20H,5-6,8-9,11H2,(H,27,28);1-5,8H,6-7H2,(H,10,11). The number of carboxylic acid groups (broad SMARTS) is 1. The van der Waals surface area contributed by atoms with E-state index in [0.29, 0.717) is 48.7 Å². The minimum atomic E-state index is -0.744. The summed E-state index contributed by atoms with van der Waals surface area (Å²) in [6, 6.07) is 23.0. The van der Waals surface area contributed by atoms with Crippen molar-refractivity contribution in [2.45, 2.75) is 50.6 Å². The highest BCUT2D eigenvalue weighted by Crippen LogP contribution is 2.41. The van der Waals surface area contributed by atoms with Crippen molar-refractivity contribution >= 4 is 41.5 Å². The molecule has 0 spiro atoms. The SMILES string of the molecule is O=C(O)C1CCC(N2C(=O)c3ccccc3CC2c2ccc(Cl)cc2Cl)CC1.O=CNCCc1ccccc1. The van der Waals surface area contributed by atoms with Gasteiger partial charge in [-0.2, -0.15) is 0 Å². The molecule has 39 heavy (non-hydrogen) atoms. The van der Waals surface area contributed by atoms with Gasteiger partial charge >= 0.3 is 5.97 Å². The summed E-state index contributed by atoms with van der Waals surface area (Å²) in [6.45, 7) is 0.716. The van der Waals surface area contributed by atoms with Gasteiger partial charge in [-0.3, -0.25) is 14.4 Å². The Morgan fingerprint density at radius 2 is 1.67 bits per heavy atom. The van der Waals surface area contributed by atoms with E-state index in [1.807, 2.05) is 65.6 Å². The molecule has 2 aliphatic rings. The fraction of sp³-hybridized carbons (Fsp3) is 0.323. The maximum atomic E-state index is 13.4. The molecule has 6 nitrogen and oxygen atoms in total. The van der Waals surface area contributed by atoms with Gasteiger partial charge in [-0.15, -0.1) is 0 Å². The smallest absolute Gasteiger partial charge is 0.306 e. The van der Waals surface area contributed by atoms with Crippen LogP contribution in [-0.4, -0.2) is 40.9 Å². The molecule has 0 aromatic heterocycles. The van der Waals surface area contributed by atoms with E-state index in [4.69, 9.17) is 23.2 Å². The molecule has 3 aromatic rings. The van der Waals surface area contributed by atoms with Crippen molar-refractivity contribution in [1.82, 2.24) is 10.2 Å². The third-order valence-electron chi connectivity index (χ3n) is 7.48. The van der Waals surface area contributed by atoms with Crippen LogP contribution in [0.4, 0.5) is 0 Å². The van der Waals surface area contributed by atoms with E-state index in [0.717, 1.165) is 29.5 Å². The molecule has 1 unspecified atom stereocenters. The minimum Gasteiger partial charge on any atom is -0.481 e. The zero-order valence-corrected chi connectivity index (χ0v) is 23.1. The maximum absolute atomic E-state index is 13.4. The van der Waals surface area contributed by atoms with Crippen LogP contribution in [0.15, 0.2) is 72.8 Å². The number of nitrogens with zero attached hydrogens (tertiary/aromatic N) is 1. The minimum absolute atomic E-state index is 0.00311. The highest BCUT2D eigenvalue weighted by molar-refractivity contribution is 6.35. The van der Waals surface area contributed by atoms with E-state index in [9.17, 15) is 19.5 Å². The average molecular weight is 568 g/mol. The molecule has 204 valence electrons. The molecule has 1 fully saturated rings. The lowest BCUT2D eigenvalue weighted by atomic mass is 9.81. The molecule has 0 radical (unpaired) electrons. The Labute approximate surface area is 238 Å². The monoisotopic (exact) mass is 566 g/mol. The number of fused-ring (bicyclic) bond motifs is 1. The zero-order valence-electron chi connectivity index (χ0n) is 21.6. The molecule has 1 aliphatic heterocycles. The average Bonchev–Trinajstić information content (AvgIpc) is 2.94. The molecule has 2 amide bonds. The van der Waals surface area contributed by atoms with Gasteiger partial charge in [-0.1, -0.05) is 77.8 Å². The lowest BCUT2D eigenvalue weighted by molar-refractivity contribution is -0.143. The summed E-state index contributed by atoms with van der Waals surface area (Å²) < 4.78 is 0. The molecule has 0 saturated heterocycles. The van der Waals surface area contributed by atoms with E-state index >= 15 is 0 Å². The van der Waals surface area contributed by atoms with E-state index in [-0.39, 0.29) is 23.9 Å². The third-order valence-corrected chi connectivity index (χ3v) is 8.04. The molecule has 0 bridgehead atoms. The number of hydrogen-bond acceptors (Lipinski definition) is 3. The van der Waals surface area contributed by atoms with Gasteiger partial charge in [0.25, 0.3) is 5.91 Å². The fourth-order valence-electron chi connectivity index (χ4n) is 5.47. The van der Waals surface area contributed by atoms with Gasteiger partial charge in [0.2, 0.25) is 6.41 Å². The van der Waals surface area contributed by atoms with Crippen LogP contribution in [-0.2, 0) is 22.4 Å². The third kappa shape index (κ3) is 7.20. The van der Waals surface area contributed by atoms with Crippen LogP contribution in [0.5, 0.6) is 0 Å². The Balaban J connectivity index is 0.000000270. The Morgan fingerprint density at radius 3 is 2.33 bits per heavy atom. The Hall–Kier alpha value is -3.35. The van der Waals surface area contributed by atoms with Crippen LogP contribution in [0, 0.1) is 5.92 Å². The van der Waals surface area contributed by atoms with Crippen LogP contribution in [0.25, 0.3) is 0 Å². The first-order chi connectivity index (χ1) is 18.9. The quantitative estimate of drug-likeness (QED) is 0.257. The predicted molar refractivity (Wildman–Crippen MR) is 153 cm³/mol. The van der Waals surface area contributed by atoms with E-state index in [2.05, 4.69) is 5.32 Å². The molecular formula is C31H32Cl2N2O4. The number of nitrogens with one attached hydrogen (secondary N) is 1. The Morgan fingerprint density at radius 1 is 0.974 bits per heavy atom. The second kappa shape index (κ2) is 13.6. The number of benzene rings is 3. The molecule has 1 atom stereocenters. The van der Waals surface area contributed by atoms with E-state index in [1.165, 1.54) is 5.56 Å². The molecule has 1 saturated carbocycles. The predicted octanol–water partition coefficient (Wildman–Crippen LogP) is 6.35. The molecule has 1 aliphatic carbocycles. The summed E-state index contributed by atoms with van der Waals surface area (Å²) in [6.07, 6.45) is 4.86. The number of carboxylic acids is 1. The first-order valence-electron chi connectivity index (χ1n) is 13.2. The van der Waals surface area contributed by atoms with E-state index < -0.39 is 5.97 Å². The zero-order chi connectivity index (χ0) is 27.8. The van der Waals surface area contributed by atoms with Crippen molar-refractivity contribution in [3.63, 3.8) is 0 Å². The van der Waals surface area contributed by atoms with Gasteiger partial charge in [0.15, 0.2) is 0 Å². The molecule has 2 N–H and O–H groups in total. The van der Waals surface area contributed by atoms with Crippen LogP contribution in [0.1, 0.15) is 58.8 Å². The lowest BCUT2D eigenvalue weighted by Crippen LogP contribution is -2.48. The van der Waals surface area contributed by atoms with Gasteiger partial charge in [0.05, 0.1) is 12.0 Å². The van der Waals surface area contributed by atoms with Crippen molar-refractivity contribution in [2.75, 3.05) is 6.54 Å². The molecule has 5 rings (SSSR count). The largest absolute Gasteiger partial charge is 0.481 e. The summed E-state index contributed by atoms with van der Waals surface area (Å²) in [7, 11) is 0. The number of amides is 2. The molecule has 3 aromatic carbocycles. The molecular weight excluding hydrogens is 535 g/mol. The van der Waals surface area contributed by atoms with Crippen molar-refractivity contribution in [3.8, 4) is 0 Å². The summed E-state index contributed by atoms with van der Waals surface area (Å²) in [5.41, 5.74) is 3.87. The maximum Gasteiger partial charge on any atom is 0.306 e. The van der Waals surface area contributed by atoms with Gasteiger partial charge in [-0.05, 0) is 73.4 Å². The van der Waals surface area contributed by atoms with Crippen LogP contribution >= 0.6 is 23.2 Å². The number of halogens is 2. The van der Waals surface area contributed by atoms with Crippen LogP contribution < -0.4 is 5.32 Å². The highest BCUT2D eigenvalue weighted by Gasteiger charge is 2.40. The summed E-state index contributed by atoms with van der Waals surface area (Å²) in [4.78, 5) is 36.6. The first-order valence-corrected chi connectivity index (χ1v) is 13.9. The number of aliphatic carboxylic acids is 1. The second-order valence-electron chi connectivity index (χ2n) is 9.91. The topological polar surface area (TPSA) is 86.7 Å². The van der Waals surface area contributed by atoms with E-state index in [1.54, 1.807) is 12.1 Å². The highest BCUT2D eigenvalue weighted by atomic mass is 35.5. The van der Waals surface area contributed by atoms with Crippen LogP contribution in [0.3, 0.4) is 0 Å². The van der Waals surface area contributed by atoms with Gasteiger partial charge in [-0.25, -0.2) is 0 Å². The fourth-order valence-corrected chi connectivity index (χ4v) is 6.00. The van der Waals surface area contributed by atoms with Gasteiger partial charge in [0.1, 0.15) is 0 Å². The van der Waals surface area contributed by atoms with Gasteiger partial charge < -0.3 is 15.3 Å². The Bertz CT molecular complexity index is 1290. The number of rotatable bonds is 7. The number of hydrogen-bond donors (Lipinski definition) is 2. The van der Waals surface area contributed by atoms with Gasteiger partial charge in [0, 0.05) is 28.2 Å². The van der Waals surface area contributed by atoms with Crippen molar-refractivity contribution in [2.24, 2.45) is 5.92 Å².